The predicted molar refractivity (Wildman–Crippen MR) is 52.0 cm³/mol. The van der Waals surface area contributed by atoms with E-state index in [0.717, 1.165) is 11.3 Å². The van der Waals surface area contributed by atoms with Crippen LogP contribution in [0.15, 0.2) is 5.38 Å². The average molecular weight is 214 g/mol. The minimum atomic E-state index is -1.11. The van der Waals surface area contributed by atoms with Crippen molar-refractivity contribution in [2.24, 2.45) is 0 Å². The van der Waals surface area contributed by atoms with Crippen LogP contribution in [0.2, 0.25) is 0 Å². The number of aromatic carboxylic acids is 1. The first-order valence-electron chi connectivity index (χ1n) is 3.87. The molecule has 1 aromatic rings. The molecular weight excluding hydrogens is 204 g/mol. The zero-order valence-electron chi connectivity index (χ0n) is 7.85. The molecule has 0 amide bonds. The molecule has 0 aromatic carbocycles. The summed E-state index contributed by atoms with van der Waals surface area (Å²) in [6.07, 6.45) is 0. The summed E-state index contributed by atoms with van der Waals surface area (Å²) in [5.74, 6) is -1.27. The highest BCUT2D eigenvalue weighted by Crippen LogP contribution is 2.10. The number of carboxylic acids is 1. The number of hydrogen-bond donors (Lipinski definition) is 1. The van der Waals surface area contributed by atoms with Crippen LogP contribution in [-0.4, -0.2) is 47.4 Å². The lowest BCUT2D eigenvalue weighted by molar-refractivity contribution is 0.0691. The molecule has 5 nitrogen and oxygen atoms in total. The lowest BCUT2D eigenvalue weighted by Gasteiger charge is -2.05. The van der Waals surface area contributed by atoms with Crippen LogP contribution in [0.25, 0.3) is 0 Å². The molecule has 0 saturated carbocycles. The molecule has 6 heteroatoms. The summed E-state index contributed by atoms with van der Waals surface area (Å²) in [6.45, 7) is 0.243. The smallest absolute Gasteiger partial charge is 0.355 e. The quantitative estimate of drug-likeness (QED) is 0.742. The van der Waals surface area contributed by atoms with Gasteiger partial charge in [0.1, 0.15) is 0 Å². The molecule has 1 aromatic heterocycles. The molecule has 0 fully saturated rings. The Morgan fingerprint density at radius 3 is 2.64 bits per heavy atom. The van der Waals surface area contributed by atoms with E-state index in [1.165, 1.54) is 5.38 Å². The fourth-order valence-corrected chi connectivity index (χ4v) is 1.58. The average Bonchev–Trinajstić information content (AvgIpc) is 2.50. The second-order valence-electron chi connectivity index (χ2n) is 3.00. The van der Waals surface area contributed by atoms with E-state index >= 15 is 0 Å². The number of rotatable bonds is 4. The highest BCUT2D eigenvalue weighted by Gasteiger charge is 2.14. The van der Waals surface area contributed by atoms with Crippen LogP contribution in [0.4, 0.5) is 0 Å². The molecule has 0 aliphatic carbocycles. The summed E-state index contributed by atoms with van der Waals surface area (Å²) in [5, 5.41) is 10.2. The van der Waals surface area contributed by atoms with Crippen molar-refractivity contribution in [3.63, 3.8) is 0 Å². The van der Waals surface area contributed by atoms with Gasteiger partial charge in [-0.1, -0.05) is 0 Å². The van der Waals surface area contributed by atoms with Gasteiger partial charge in [-0.2, -0.15) is 0 Å². The lowest BCUT2D eigenvalue weighted by Crippen LogP contribution is -2.21. The summed E-state index contributed by atoms with van der Waals surface area (Å²) < 4.78 is 0. The van der Waals surface area contributed by atoms with Gasteiger partial charge in [0.05, 0.1) is 6.54 Å². The summed E-state index contributed by atoms with van der Waals surface area (Å²) in [4.78, 5) is 27.3. The van der Waals surface area contributed by atoms with Crippen molar-refractivity contribution in [1.29, 1.82) is 0 Å². The Kier molecular flexibility index (Phi) is 3.32. The maximum atomic E-state index is 11.4. The number of thiazole rings is 1. The molecule has 0 atom stereocenters. The van der Waals surface area contributed by atoms with Crippen molar-refractivity contribution in [1.82, 2.24) is 9.88 Å². The van der Waals surface area contributed by atoms with Crippen LogP contribution in [-0.2, 0) is 0 Å². The Balaban J connectivity index is 2.76. The minimum absolute atomic E-state index is 0.0721. The fraction of sp³-hybridized carbons (Fsp3) is 0.375. The van der Waals surface area contributed by atoms with Gasteiger partial charge in [-0.3, -0.25) is 4.79 Å². The van der Waals surface area contributed by atoms with Gasteiger partial charge < -0.3 is 10.0 Å². The van der Waals surface area contributed by atoms with E-state index in [-0.39, 0.29) is 23.0 Å². The van der Waals surface area contributed by atoms with Gasteiger partial charge >= 0.3 is 5.97 Å². The van der Waals surface area contributed by atoms with Crippen molar-refractivity contribution < 1.29 is 14.7 Å². The van der Waals surface area contributed by atoms with E-state index in [0.29, 0.717) is 0 Å². The second-order valence-corrected chi connectivity index (χ2v) is 3.86. The Morgan fingerprint density at radius 1 is 1.57 bits per heavy atom. The van der Waals surface area contributed by atoms with Crippen LogP contribution < -0.4 is 0 Å². The lowest BCUT2D eigenvalue weighted by atomic mass is 10.4. The largest absolute Gasteiger partial charge is 0.476 e. The number of carboxylic acid groups (broad SMARTS) is 1. The van der Waals surface area contributed by atoms with Crippen molar-refractivity contribution in [2.75, 3.05) is 20.6 Å². The minimum Gasteiger partial charge on any atom is -0.476 e. The summed E-state index contributed by atoms with van der Waals surface area (Å²) in [7, 11) is 3.53. The van der Waals surface area contributed by atoms with E-state index < -0.39 is 5.97 Å². The SMILES string of the molecule is CN(C)CC(=O)c1nc(C(=O)O)cs1. The normalized spacial score (nSPS) is 10.5. The van der Waals surface area contributed by atoms with Gasteiger partial charge in [0, 0.05) is 5.38 Å². The van der Waals surface area contributed by atoms with Gasteiger partial charge in [-0.25, -0.2) is 9.78 Å². The molecule has 14 heavy (non-hydrogen) atoms. The van der Waals surface area contributed by atoms with Crippen molar-refractivity contribution >= 4 is 23.1 Å². The number of Topliss-reactive ketones (excluding diaryl/α,β-unsaturated/α-hetero) is 1. The summed E-state index contributed by atoms with van der Waals surface area (Å²) >= 11 is 1.06. The highest BCUT2D eigenvalue weighted by atomic mass is 32.1. The molecule has 0 unspecified atom stereocenters. The molecular formula is C8H10N2O3S. The standard InChI is InChI=1S/C8H10N2O3S/c1-10(2)3-6(11)7-9-5(4-14-7)8(12)13/h4H,3H2,1-2H3,(H,12,13). The van der Waals surface area contributed by atoms with Gasteiger partial charge in [0.2, 0.25) is 5.78 Å². The molecule has 1 N–H and O–H groups in total. The van der Waals surface area contributed by atoms with E-state index in [4.69, 9.17) is 5.11 Å². The van der Waals surface area contributed by atoms with Crippen LogP contribution in [0.5, 0.6) is 0 Å². The molecule has 1 rings (SSSR count). The van der Waals surface area contributed by atoms with E-state index in [9.17, 15) is 9.59 Å². The Hall–Kier alpha value is -1.27. The maximum Gasteiger partial charge on any atom is 0.355 e. The number of nitrogens with zero attached hydrogens (tertiary/aromatic N) is 2. The first-order chi connectivity index (χ1) is 6.50. The molecule has 0 saturated heterocycles. The fourth-order valence-electron chi connectivity index (χ4n) is 0.855. The van der Waals surface area contributed by atoms with Gasteiger partial charge in [0.25, 0.3) is 0 Å². The third kappa shape index (κ3) is 2.61. The number of likely N-dealkylation sites (N-methyl/N-ethyl adjacent to an activating group) is 1. The molecule has 1 heterocycles. The molecule has 0 bridgehead atoms. The second kappa shape index (κ2) is 4.30. The van der Waals surface area contributed by atoms with E-state index in [2.05, 4.69) is 4.98 Å². The van der Waals surface area contributed by atoms with Gasteiger partial charge in [0.15, 0.2) is 10.7 Å². The molecule has 0 spiro atoms. The maximum absolute atomic E-state index is 11.4. The van der Waals surface area contributed by atoms with E-state index in [1.54, 1.807) is 19.0 Å². The van der Waals surface area contributed by atoms with Crippen molar-refractivity contribution in [3.8, 4) is 0 Å². The highest BCUT2D eigenvalue weighted by molar-refractivity contribution is 7.12. The van der Waals surface area contributed by atoms with Crippen molar-refractivity contribution in [3.05, 3.63) is 16.1 Å². The Morgan fingerprint density at radius 2 is 2.21 bits per heavy atom. The van der Waals surface area contributed by atoms with Gasteiger partial charge in [-0.05, 0) is 14.1 Å². The van der Waals surface area contributed by atoms with Crippen LogP contribution >= 0.6 is 11.3 Å². The number of ketones is 1. The molecule has 0 aliphatic heterocycles. The van der Waals surface area contributed by atoms with Crippen LogP contribution in [0.1, 0.15) is 20.3 Å². The first-order valence-corrected chi connectivity index (χ1v) is 4.75. The van der Waals surface area contributed by atoms with Crippen LogP contribution in [0, 0.1) is 0 Å². The first kappa shape index (κ1) is 10.8. The van der Waals surface area contributed by atoms with Gasteiger partial charge in [-0.15, -0.1) is 11.3 Å². The number of carbonyl (C=O) groups excluding carboxylic acids is 1. The Bertz CT molecular complexity index is 359. The number of hydrogen-bond acceptors (Lipinski definition) is 5. The number of aromatic nitrogens is 1. The van der Waals surface area contributed by atoms with E-state index in [1.807, 2.05) is 0 Å². The molecule has 0 radical (unpaired) electrons. The third-order valence-electron chi connectivity index (χ3n) is 1.42. The predicted octanol–water partition coefficient (Wildman–Crippen LogP) is 0.586. The summed E-state index contributed by atoms with van der Waals surface area (Å²) in [5.41, 5.74) is -0.0721. The van der Waals surface area contributed by atoms with Crippen molar-refractivity contribution in [2.45, 2.75) is 0 Å². The molecule has 76 valence electrons. The zero-order valence-corrected chi connectivity index (χ0v) is 8.67. The number of carbonyl (C=O) groups is 2. The summed E-state index contributed by atoms with van der Waals surface area (Å²) in [6, 6.07) is 0. The van der Waals surface area contributed by atoms with Crippen LogP contribution in [0.3, 0.4) is 0 Å². The zero-order chi connectivity index (χ0) is 10.7. The molecule has 0 aliphatic rings. The Labute approximate surface area is 85.0 Å². The monoisotopic (exact) mass is 214 g/mol. The topological polar surface area (TPSA) is 70.5 Å². The third-order valence-corrected chi connectivity index (χ3v) is 2.31.